The van der Waals surface area contributed by atoms with Crippen LogP contribution >= 0.6 is 0 Å². The van der Waals surface area contributed by atoms with Crippen LogP contribution in [0.15, 0.2) is 36.4 Å². The maximum Gasteiger partial charge on any atom is 0.346 e. The summed E-state index contributed by atoms with van der Waals surface area (Å²) in [5.41, 5.74) is 0.542. The molecule has 1 aliphatic carbocycles. The van der Waals surface area contributed by atoms with Gasteiger partial charge >= 0.3 is 5.97 Å². The van der Waals surface area contributed by atoms with Crippen LogP contribution < -0.4 is 4.74 Å². The molecule has 0 atom stereocenters. The van der Waals surface area contributed by atoms with Crippen molar-refractivity contribution in [1.29, 1.82) is 5.26 Å². The number of nitrogens with zero attached hydrogens (tertiary/aromatic N) is 1. The van der Waals surface area contributed by atoms with E-state index in [1.165, 1.54) is 101 Å². The van der Waals surface area contributed by atoms with Crippen LogP contribution in [0.2, 0.25) is 0 Å². The average Bonchev–Trinajstić information content (AvgIpc) is 2.87. The summed E-state index contributed by atoms with van der Waals surface area (Å²) in [6, 6.07) is 9.80. The number of benzene rings is 2. The molecule has 194 valence electrons. The molecule has 0 aliphatic heterocycles. The zero-order valence-corrected chi connectivity index (χ0v) is 21.5. The predicted molar refractivity (Wildman–Crippen MR) is 139 cm³/mol. The van der Waals surface area contributed by atoms with E-state index in [2.05, 4.69) is 6.92 Å². The fourth-order valence-electron chi connectivity index (χ4n) is 5.26. The molecular formula is C31H39F2NO2. The molecule has 1 aliphatic rings. The summed E-state index contributed by atoms with van der Waals surface area (Å²) in [7, 11) is 0. The summed E-state index contributed by atoms with van der Waals surface area (Å²) in [5.74, 6) is -0.807. The quantitative estimate of drug-likeness (QED) is 0.158. The van der Waals surface area contributed by atoms with Gasteiger partial charge in [-0.1, -0.05) is 90.0 Å². The van der Waals surface area contributed by atoms with Gasteiger partial charge in [0, 0.05) is 6.07 Å². The molecule has 0 saturated heterocycles. The number of nitriles is 1. The van der Waals surface area contributed by atoms with Gasteiger partial charge < -0.3 is 4.74 Å². The molecule has 0 aromatic heterocycles. The van der Waals surface area contributed by atoms with Crippen LogP contribution in [0.4, 0.5) is 8.78 Å². The van der Waals surface area contributed by atoms with Crippen molar-refractivity contribution in [3.05, 3.63) is 64.7 Å². The van der Waals surface area contributed by atoms with Gasteiger partial charge in [0.25, 0.3) is 0 Å². The lowest BCUT2D eigenvalue weighted by Crippen LogP contribution is -2.15. The Morgan fingerprint density at radius 1 is 0.889 bits per heavy atom. The summed E-state index contributed by atoms with van der Waals surface area (Å²) in [5, 5.41) is 8.79. The zero-order valence-electron chi connectivity index (χ0n) is 21.5. The normalized spacial score (nSPS) is 17.5. The van der Waals surface area contributed by atoms with E-state index < -0.39 is 17.6 Å². The Hall–Kier alpha value is -2.74. The van der Waals surface area contributed by atoms with Gasteiger partial charge in [0.15, 0.2) is 0 Å². The maximum atomic E-state index is 14.6. The van der Waals surface area contributed by atoms with Crippen molar-refractivity contribution in [1.82, 2.24) is 0 Å². The smallest absolute Gasteiger partial charge is 0.346 e. The summed E-state index contributed by atoms with van der Waals surface area (Å²) in [4.78, 5) is 12.4. The number of carbonyl (C=O) groups excluding carboxylic acids is 1. The van der Waals surface area contributed by atoms with Crippen molar-refractivity contribution in [2.75, 3.05) is 0 Å². The second-order valence-corrected chi connectivity index (χ2v) is 10.3. The fraction of sp³-hybridized carbons (Fsp3) is 0.548. The largest absolute Gasteiger partial charge is 0.423 e. The van der Waals surface area contributed by atoms with Gasteiger partial charge in [-0.3, -0.25) is 0 Å². The van der Waals surface area contributed by atoms with Crippen molar-refractivity contribution in [3.8, 4) is 11.8 Å². The number of unbranched alkanes of at least 4 members (excludes halogenated alkanes) is 6. The lowest BCUT2D eigenvalue weighted by molar-refractivity contribution is 0.0729. The molecule has 0 spiro atoms. The SMILES string of the molecule is CCCCCCCCCC1CCC(CCc2ccc(C(=O)Oc3ccc(C#N)c(F)c3)c(F)c2)CC1. The second-order valence-electron chi connectivity index (χ2n) is 10.3. The highest BCUT2D eigenvalue weighted by molar-refractivity contribution is 5.91. The molecule has 3 rings (SSSR count). The van der Waals surface area contributed by atoms with Gasteiger partial charge in [-0.05, 0) is 54.5 Å². The van der Waals surface area contributed by atoms with Crippen molar-refractivity contribution in [2.24, 2.45) is 11.8 Å². The van der Waals surface area contributed by atoms with E-state index in [0.717, 1.165) is 30.4 Å². The summed E-state index contributed by atoms with van der Waals surface area (Å²) in [6.07, 6.45) is 17.9. The number of halogens is 2. The van der Waals surface area contributed by atoms with Crippen LogP contribution in [0, 0.1) is 34.8 Å². The molecule has 0 heterocycles. The lowest BCUT2D eigenvalue weighted by atomic mass is 9.77. The van der Waals surface area contributed by atoms with E-state index in [1.54, 1.807) is 12.1 Å². The molecule has 0 bridgehead atoms. The summed E-state index contributed by atoms with van der Waals surface area (Å²) < 4.78 is 33.5. The molecule has 1 saturated carbocycles. The molecule has 0 N–H and O–H groups in total. The zero-order chi connectivity index (χ0) is 25.8. The van der Waals surface area contributed by atoms with Crippen molar-refractivity contribution >= 4 is 5.97 Å². The second kappa shape index (κ2) is 14.7. The van der Waals surface area contributed by atoms with E-state index >= 15 is 0 Å². The molecule has 0 amide bonds. The summed E-state index contributed by atoms with van der Waals surface area (Å²) in [6.45, 7) is 2.26. The minimum Gasteiger partial charge on any atom is -0.423 e. The third kappa shape index (κ3) is 8.73. The Balaban J connectivity index is 1.38. The fourth-order valence-corrected chi connectivity index (χ4v) is 5.26. The maximum absolute atomic E-state index is 14.6. The Bertz CT molecular complexity index is 1020. The van der Waals surface area contributed by atoms with E-state index in [-0.39, 0.29) is 16.9 Å². The molecule has 2 aromatic rings. The Labute approximate surface area is 214 Å². The van der Waals surface area contributed by atoms with Crippen LogP contribution in [-0.4, -0.2) is 5.97 Å². The van der Waals surface area contributed by atoms with Crippen molar-refractivity contribution < 1.29 is 18.3 Å². The van der Waals surface area contributed by atoms with Gasteiger partial charge in [-0.2, -0.15) is 5.26 Å². The van der Waals surface area contributed by atoms with Gasteiger partial charge in [0.1, 0.15) is 23.5 Å². The van der Waals surface area contributed by atoms with Crippen LogP contribution in [0.3, 0.4) is 0 Å². The molecule has 36 heavy (non-hydrogen) atoms. The molecule has 1 fully saturated rings. The van der Waals surface area contributed by atoms with E-state index in [9.17, 15) is 13.6 Å². The predicted octanol–water partition coefficient (Wildman–Crippen LogP) is 8.94. The van der Waals surface area contributed by atoms with Gasteiger partial charge in [0.05, 0.1) is 11.1 Å². The Kier molecular flexibility index (Phi) is 11.4. The monoisotopic (exact) mass is 495 g/mol. The highest BCUT2D eigenvalue weighted by atomic mass is 19.1. The number of esters is 1. The standard InChI is InChI=1S/C31H39F2NO2/c1-2-3-4-5-6-7-8-9-23-10-12-24(13-11-23)14-15-25-16-19-28(30(33)20-25)31(35)36-27-18-17-26(22-34)29(32)21-27/h16-21,23-24H,2-15H2,1H3. The number of ether oxygens (including phenoxy) is 1. The number of hydrogen-bond donors (Lipinski definition) is 0. The number of carbonyl (C=O) groups is 1. The third-order valence-electron chi connectivity index (χ3n) is 7.55. The topological polar surface area (TPSA) is 50.1 Å². The molecule has 2 aromatic carbocycles. The molecule has 3 nitrogen and oxygen atoms in total. The number of hydrogen-bond acceptors (Lipinski definition) is 3. The summed E-state index contributed by atoms with van der Waals surface area (Å²) >= 11 is 0. The molecule has 0 radical (unpaired) electrons. The molecule has 5 heteroatoms. The van der Waals surface area contributed by atoms with E-state index in [1.807, 2.05) is 0 Å². The first-order chi connectivity index (χ1) is 17.5. The first-order valence-corrected chi connectivity index (χ1v) is 13.7. The average molecular weight is 496 g/mol. The van der Waals surface area contributed by atoms with Crippen molar-refractivity contribution in [2.45, 2.75) is 96.8 Å². The Morgan fingerprint density at radius 2 is 1.56 bits per heavy atom. The van der Waals surface area contributed by atoms with Gasteiger partial charge in [0.2, 0.25) is 0 Å². The highest BCUT2D eigenvalue weighted by Gasteiger charge is 2.21. The molecule has 0 unspecified atom stereocenters. The number of aryl methyl sites for hydroxylation is 1. The third-order valence-corrected chi connectivity index (χ3v) is 7.55. The van der Waals surface area contributed by atoms with Crippen molar-refractivity contribution in [3.63, 3.8) is 0 Å². The van der Waals surface area contributed by atoms with Crippen LogP contribution in [0.5, 0.6) is 5.75 Å². The van der Waals surface area contributed by atoms with Gasteiger partial charge in [-0.25, -0.2) is 13.6 Å². The van der Waals surface area contributed by atoms with Crippen LogP contribution in [0.1, 0.15) is 112 Å². The highest BCUT2D eigenvalue weighted by Crippen LogP contribution is 2.34. The first kappa shape index (κ1) is 27.8. The first-order valence-electron chi connectivity index (χ1n) is 13.7. The molecular weight excluding hydrogens is 456 g/mol. The van der Waals surface area contributed by atoms with E-state index in [0.29, 0.717) is 5.92 Å². The minimum absolute atomic E-state index is 0.0671. The van der Waals surface area contributed by atoms with Gasteiger partial charge in [-0.15, -0.1) is 0 Å². The number of rotatable bonds is 13. The van der Waals surface area contributed by atoms with Crippen LogP contribution in [-0.2, 0) is 6.42 Å². The lowest BCUT2D eigenvalue weighted by Gasteiger charge is -2.28. The van der Waals surface area contributed by atoms with Crippen LogP contribution in [0.25, 0.3) is 0 Å². The van der Waals surface area contributed by atoms with E-state index in [4.69, 9.17) is 10.00 Å². The minimum atomic E-state index is -0.887. The Morgan fingerprint density at radius 3 is 2.19 bits per heavy atom.